The molecule has 5 atom stereocenters. The Kier molecular flexibility index (Phi) is 6.54. The van der Waals surface area contributed by atoms with Gasteiger partial charge >= 0.3 is 5.97 Å². The summed E-state index contributed by atoms with van der Waals surface area (Å²) in [5, 5.41) is 0. The zero-order valence-electron chi connectivity index (χ0n) is 17.1. The Bertz CT molecular complexity index is 628. The van der Waals surface area contributed by atoms with E-state index in [2.05, 4.69) is 34.8 Å². The largest absolute Gasteiger partial charge is 0.429 e. The van der Waals surface area contributed by atoms with E-state index in [1.807, 2.05) is 6.08 Å². The average molecular weight is 441 g/mol. The number of esters is 1. The number of methoxy groups -OCH3 is 1. The molecule has 2 aliphatic carbocycles. The minimum Gasteiger partial charge on any atom is -0.429 e. The summed E-state index contributed by atoms with van der Waals surface area (Å²) in [4.78, 5) is 14.3. The van der Waals surface area contributed by atoms with Crippen LogP contribution in [-0.4, -0.2) is 25.5 Å². The highest BCUT2D eigenvalue weighted by molar-refractivity contribution is 9.11. The van der Waals surface area contributed by atoms with E-state index < -0.39 is 5.60 Å². The van der Waals surface area contributed by atoms with Crippen molar-refractivity contribution < 1.29 is 19.0 Å². The second kappa shape index (κ2) is 8.38. The maximum absolute atomic E-state index is 12.2. The molecule has 0 aromatic rings. The molecule has 1 heterocycles. The zero-order valence-corrected chi connectivity index (χ0v) is 18.6. The van der Waals surface area contributed by atoms with Gasteiger partial charge in [-0.15, -0.1) is 0 Å². The van der Waals surface area contributed by atoms with Crippen LogP contribution in [0.4, 0.5) is 0 Å². The van der Waals surface area contributed by atoms with Gasteiger partial charge in [0.05, 0.1) is 0 Å². The molecular weight excluding hydrogens is 408 g/mol. The van der Waals surface area contributed by atoms with Crippen molar-refractivity contribution in [2.75, 3.05) is 13.9 Å². The van der Waals surface area contributed by atoms with Crippen molar-refractivity contribution in [1.82, 2.24) is 0 Å². The van der Waals surface area contributed by atoms with E-state index in [1.54, 1.807) is 19.6 Å². The molecule has 27 heavy (non-hydrogen) atoms. The lowest BCUT2D eigenvalue weighted by atomic mass is 9.61. The van der Waals surface area contributed by atoms with Crippen molar-refractivity contribution in [1.29, 1.82) is 0 Å². The Labute approximate surface area is 171 Å². The van der Waals surface area contributed by atoms with Crippen LogP contribution < -0.4 is 0 Å². The lowest BCUT2D eigenvalue weighted by Crippen LogP contribution is -2.35. The first kappa shape index (κ1) is 21.1. The van der Waals surface area contributed by atoms with E-state index in [0.717, 1.165) is 30.4 Å². The number of hydrogen-bond acceptors (Lipinski definition) is 4. The third-order valence-corrected chi connectivity index (χ3v) is 7.84. The summed E-state index contributed by atoms with van der Waals surface area (Å²) in [5.41, 5.74) is 1.00. The normalized spacial score (nSPS) is 38.6. The zero-order chi connectivity index (χ0) is 19.7. The molecule has 0 aromatic carbocycles. The first-order valence-corrected chi connectivity index (χ1v) is 11.1. The monoisotopic (exact) mass is 440 g/mol. The summed E-state index contributed by atoms with van der Waals surface area (Å²) >= 11 is 3.60. The molecular formula is C22H33BrO4. The fourth-order valence-corrected chi connectivity index (χ4v) is 6.29. The second-order valence-corrected chi connectivity index (χ2v) is 9.41. The van der Waals surface area contributed by atoms with E-state index in [1.165, 1.54) is 32.1 Å². The Morgan fingerprint density at radius 3 is 2.89 bits per heavy atom. The first-order chi connectivity index (χ1) is 12.8. The van der Waals surface area contributed by atoms with Gasteiger partial charge in [0, 0.05) is 13.5 Å². The molecule has 0 amide bonds. The van der Waals surface area contributed by atoms with Crippen molar-refractivity contribution in [3.05, 3.63) is 22.4 Å². The average Bonchev–Trinajstić information content (AvgIpc) is 3.14. The fraction of sp³-hybridized carbons (Fsp3) is 0.773. The number of halogens is 1. The van der Waals surface area contributed by atoms with E-state index >= 15 is 0 Å². The van der Waals surface area contributed by atoms with E-state index in [0.29, 0.717) is 11.3 Å². The summed E-state index contributed by atoms with van der Waals surface area (Å²) in [6, 6.07) is 0. The standard InChI is InChI=1S/C22H33BrO4/c1-15(7-8-17-12-22(3,20(24)27-17)26-14-25-4)18-9-10-19-16(13-23)6-5-11-21(18,19)2/h12-13,15,18-19H,5-11,14H2,1-4H3/b16-13+/t15-,18-,19?,21-,22+/m1/s1. The number of rotatable bonds is 7. The molecule has 3 rings (SSSR count). The predicted octanol–water partition coefficient (Wildman–Crippen LogP) is 5.72. The number of carbonyl (C=O) groups is 1. The molecule has 0 spiro atoms. The fourth-order valence-electron chi connectivity index (χ4n) is 5.74. The first-order valence-electron chi connectivity index (χ1n) is 10.2. The van der Waals surface area contributed by atoms with Crippen LogP contribution in [-0.2, 0) is 19.0 Å². The van der Waals surface area contributed by atoms with Crippen LogP contribution in [0, 0.1) is 23.2 Å². The van der Waals surface area contributed by atoms with Crippen LogP contribution in [0.5, 0.6) is 0 Å². The van der Waals surface area contributed by atoms with Crippen molar-refractivity contribution in [3.63, 3.8) is 0 Å². The molecule has 0 radical (unpaired) electrons. The van der Waals surface area contributed by atoms with E-state index in [-0.39, 0.29) is 12.8 Å². The highest BCUT2D eigenvalue weighted by Gasteiger charge is 2.50. The van der Waals surface area contributed by atoms with Gasteiger partial charge in [-0.05, 0) is 79.7 Å². The van der Waals surface area contributed by atoms with E-state index in [9.17, 15) is 4.79 Å². The SMILES string of the molecule is COCO[C@@]1(C)C=C(CC[C@@H](C)[C@H]2CCC3/C(=C/Br)CCC[C@@]32C)OC1=O. The third kappa shape index (κ3) is 4.06. The highest BCUT2D eigenvalue weighted by Crippen LogP contribution is 2.60. The maximum atomic E-state index is 12.2. The van der Waals surface area contributed by atoms with Gasteiger partial charge < -0.3 is 14.2 Å². The van der Waals surface area contributed by atoms with E-state index in [4.69, 9.17) is 14.2 Å². The van der Waals surface area contributed by atoms with Crippen molar-refractivity contribution >= 4 is 21.9 Å². The van der Waals surface area contributed by atoms with Crippen LogP contribution in [0.15, 0.2) is 22.4 Å². The van der Waals surface area contributed by atoms with Crippen molar-refractivity contribution in [3.8, 4) is 0 Å². The molecule has 152 valence electrons. The number of allylic oxidation sites excluding steroid dienone is 2. The molecule has 0 saturated heterocycles. The number of ether oxygens (including phenoxy) is 3. The Morgan fingerprint density at radius 2 is 2.19 bits per heavy atom. The predicted molar refractivity (Wildman–Crippen MR) is 109 cm³/mol. The van der Waals surface area contributed by atoms with Gasteiger partial charge in [-0.25, -0.2) is 4.79 Å². The molecule has 1 unspecified atom stereocenters. The van der Waals surface area contributed by atoms with Crippen LogP contribution in [0.2, 0.25) is 0 Å². The summed E-state index contributed by atoms with van der Waals surface area (Å²) in [5.74, 6) is 2.48. The third-order valence-electron chi connectivity index (χ3n) is 7.25. The molecule has 1 aliphatic heterocycles. The number of carbonyl (C=O) groups excluding carboxylic acids is 1. The second-order valence-electron chi connectivity index (χ2n) is 8.95. The lowest BCUT2D eigenvalue weighted by Gasteiger charge is -2.44. The van der Waals surface area contributed by atoms with Crippen molar-refractivity contribution in [2.24, 2.45) is 23.2 Å². The Balaban J connectivity index is 1.61. The molecule has 5 heteroatoms. The highest BCUT2D eigenvalue weighted by atomic mass is 79.9. The Morgan fingerprint density at radius 1 is 1.41 bits per heavy atom. The molecule has 4 nitrogen and oxygen atoms in total. The van der Waals surface area contributed by atoms with Gasteiger partial charge in [0.1, 0.15) is 12.6 Å². The van der Waals surface area contributed by atoms with Gasteiger partial charge in [0.15, 0.2) is 5.60 Å². The van der Waals surface area contributed by atoms with Gasteiger partial charge in [0.2, 0.25) is 0 Å². The minimum absolute atomic E-state index is 0.0804. The topological polar surface area (TPSA) is 44.8 Å². The molecule has 0 bridgehead atoms. The number of hydrogen-bond donors (Lipinski definition) is 0. The minimum atomic E-state index is -1.02. The van der Waals surface area contributed by atoms with Gasteiger partial charge in [-0.1, -0.05) is 35.4 Å². The van der Waals surface area contributed by atoms with Crippen molar-refractivity contribution in [2.45, 2.75) is 71.3 Å². The lowest BCUT2D eigenvalue weighted by molar-refractivity contribution is -0.166. The summed E-state index contributed by atoms with van der Waals surface area (Å²) in [7, 11) is 1.55. The quantitative estimate of drug-likeness (QED) is 0.375. The molecule has 0 N–H and O–H groups in total. The molecule has 3 aliphatic rings. The number of cyclic esters (lactones) is 1. The van der Waals surface area contributed by atoms with Crippen LogP contribution in [0.1, 0.15) is 65.7 Å². The smallest absolute Gasteiger partial charge is 0.347 e. The maximum Gasteiger partial charge on any atom is 0.347 e. The Hall–Kier alpha value is -0.650. The molecule has 2 saturated carbocycles. The van der Waals surface area contributed by atoms with Gasteiger partial charge in [0.25, 0.3) is 0 Å². The van der Waals surface area contributed by atoms with Gasteiger partial charge in [-0.3, -0.25) is 0 Å². The number of fused-ring (bicyclic) bond motifs is 1. The van der Waals surface area contributed by atoms with Crippen LogP contribution in [0.25, 0.3) is 0 Å². The summed E-state index contributed by atoms with van der Waals surface area (Å²) in [6.45, 7) is 6.70. The van der Waals surface area contributed by atoms with Crippen LogP contribution >= 0.6 is 15.9 Å². The van der Waals surface area contributed by atoms with Gasteiger partial charge in [-0.2, -0.15) is 0 Å². The summed E-state index contributed by atoms with van der Waals surface area (Å²) in [6.07, 6.45) is 10.1. The molecule has 2 fully saturated rings. The summed E-state index contributed by atoms with van der Waals surface area (Å²) < 4.78 is 15.9. The van der Waals surface area contributed by atoms with Crippen LogP contribution in [0.3, 0.4) is 0 Å². The molecule has 0 aromatic heterocycles.